The topological polar surface area (TPSA) is 98.5 Å². The van der Waals surface area contributed by atoms with E-state index in [2.05, 4.69) is 30.5 Å². The van der Waals surface area contributed by atoms with Crippen LogP contribution in [0, 0.1) is 6.92 Å². The normalized spacial score (nSPS) is 11.0. The summed E-state index contributed by atoms with van der Waals surface area (Å²) in [7, 11) is 1.91. The Bertz CT molecular complexity index is 1080. The quantitative estimate of drug-likeness (QED) is 0.609. The summed E-state index contributed by atoms with van der Waals surface area (Å²) in [5, 5.41) is 13.3. The molecule has 1 N–H and O–H groups in total. The summed E-state index contributed by atoms with van der Waals surface area (Å²) in [5.74, 6) is 0.130. The fourth-order valence-corrected chi connectivity index (χ4v) is 3.00. The average molecular weight is 351 g/mol. The minimum Gasteiger partial charge on any atom is -0.332 e. The number of fused-ring (bicyclic) bond motifs is 1. The molecule has 0 saturated carbocycles. The lowest BCUT2D eigenvalue weighted by molar-refractivity contribution is 0.102. The molecule has 4 heterocycles. The third kappa shape index (κ3) is 2.96. The van der Waals surface area contributed by atoms with Crippen molar-refractivity contribution in [2.45, 2.75) is 6.92 Å². The fourth-order valence-electron chi connectivity index (χ4n) is 2.41. The van der Waals surface area contributed by atoms with Crippen LogP contribution in [0.2, 0.25) is 0 Å². The van der Waals surface area contributed by atoms with Crippen LogP contribution in [0.25, 0.3) is 22.2 Å². The molecule has 1 amide bonds. The van der Waals surface area contributed by atoms with E-state index in [-0.39, 0.29) is 5.91 Å². The molecule has 0 aliphatic heterocycles. The Labute approximate surface area is 146 Å². The van der Waals surface area contributed by atoms with Crippen molar-refractivity contribution in [3.63, 3.8) is 0 Å². The van der Waals surface area contributed by atoms with Crippen LogP contribution in [0.15, 0.2) is 37.1 Å². The van der Waals surface area contributed by atoms with Gasteiger partial charge in [0.2, 0.25) is 5.01 Å². The number of rotatable bonds is 3. The Hall–Kier alpha value is -3.20. The van der Waals surface area contributed by atoms with Crippen molar-refractivity contribution in [1.82, 2.24) is 29.7 Å². The van der Waals surface area contributed by atoms with Crippen LogP contribution in [0.3, 0.4) is 0 Å². The van der Waals surface area contributed by atoms with E-state index in [0.29, 0.717) is 10.8 Å². The van der Waals surface area contributed by atoms with Gasteiger partial charge in [0.25, 0.3) is 5.91 Å². The van der Waals surface area contributed by atoms with Crippen LogP contribution in [-0.2, 0) is 7.05 Å². The lowest BCUT2D eigenvalue weighted by Gasteiger charge is -2.06. The molecule has 4 rings (SSSR count). The van der Waals surface area contributed by atoms with Gasteiger partial charge in [0.1, 0.15) is 10.8 Å². The van der Waals surface area contributed by atoms with Crippen LogP contribution in [0.5, 0.6) is 0 Å². The van der Waals surface area contributed by atoms with E-state index in [0.717, 1.165) is 27.2 Å². The summed E-state index contributed by atoms with van der Waals surface area (Å²) < 4.78 is 1.90. The second-order valence-corrected chi connectivity index (χ2v) is 6.64. The molecular formula is C16H13N7OS. The Morgan fingerprint density at radius 3 is 2.68 bits per heavy atom. The highest BCUT2D eigenvalue weighted by Crippen LogP contribution is 2.23. The van der Waals surface area contributed by atoms with E-state index in [9.17, 15) is 4.79 Å². The zero-order chi connectivity index (χ0) is 17.4. The Kier molecular flexibility index (Phi) is 3.69. The molecule has 0 unspecified atom stereocenters. The van der Waals surface area contributed by atoms with Crippen LogP contribution in [0.1, 0.15) is 14.8 Å². The molecule has 9 heteroatoms. The van der Waals surface area contributed by atoms with Gasteiger partial charge in [-0.1, -0.05) is 11.3 Å². The molecular weight excluding hydrogens is 338 g/mol. The van der Waals surface area contributed by atoms with Crippen molar-refractivity contribution >= 4 is 33.8 Å². The summed E-state index contributed by atoms with van der Waals surface area (Å²) >= 11 is 1.24. The zero-order valence-corrected chi connectivity index (χ0v) is 14.3. The summed E-state index contributed by atoms with van der Waals surface area (Å²) in [6.45, 7) is 1.80. The third-order valence-corrected chi connectivity index (χ3v) is 4.48. The first-order valence-electron chi connectivity index (χ1n) is 7.44. The molecule has 0 aromatic carbocycles. The maximum Gasteiger partial charge on any atom is 0.287 e. The highest BCUT2D eigenvalue weighted by atomic mass is 32.1. The van der Waals surface area contributed by atoms with Crippen molar-refractivity contribution in [3.05, 3.63) is 47.1 Å². The molecule has 0 bridgehead atoms. The average Bonchev–Trinajstić information content (AvgIpc) is 3.22. The number of carbonyl (C=O) groups is 1. The highest BCUT2D eigenvalue weighted by molar-refractivity contribution is 7.13. The van der Waals surface area contributed by atoms with E-state index in [1.165, 1.54) is 11.3 Å². The van der Waals surface area contributed by atoms with Crippen LogP contribution in [0.4, 0.5) is 5.82 Å². The van der Waals surface area contributed by atoms with E-state index >= 15 is 0 Å². The van der Waals surface area contributed by atoms with Crippen LogP contribution < -0.4 is 5.32 Å². The maximum absolute atomic E-state index is 12.2. The van der Waals surface area contributed by atoms with Gasteiger partial charge in [-0.25, -0.2) is 9.97 Å². The van der Waals surface area contributed by atoms with E-state index in [4.69, 9.17) is 0 Å². The number of amides is 1. The first-order valence-corrected chi connectivity index (χ1v) is 8.26. The van der Waals surface area contributed by atoms with Gasteiger partial charge in [-0.2, -0.15) is 0 Å². The number of carbonyl (C=O) groups excluding carboxylic acids is 1. The van der Waals surface area contributed by atoms with Crippen molar-refractivity contribution in [1.29, 1.82) is 0 Å². The molecule has 0 saturated heterocycles. The lowest BCUT2D eigenvalue weighted by atomic mass is 10.1. The second-order valence-electron chi connectivity index (χ2n) is 5.46. The standard InChI is InChI=1S/C16H13N7OS/c1-9-21-22-16(25-9)15(24)20-14-4-10-3-12(13-7-17-8-23(13)2)18-5-11(10)6-19-14/h3-8H,1-2H3,(H,19,20,24). The van der Waals surface area contributed by atoms with Crippen molar-refractivity contribution in [2.75, 3.05) is 5.32 Å². The number of hydrogen-bond donors (Lipinski definition) is 1. The van der Waals surface area contributed by atoms with Gasteiger partial charge < -0.3 is 9.88 Å². The van der Waals surface area contributed by atoms with E-state index < -0.39 is 0 Å². The van der Waals surface area contributed by atoms with Gasteiger partial charge >= 0.3 is 0 Å². The molecule has 0 fully saturated rings. The smallest absolute Gasteiger partial charge is 0.287 e. The first kappa shape index (κ1) is 15.3. The third-order valence-electron chi connectivity index (χ3n) is 3.64. The molecule has 0 aliphatic rings. The number of nitrogens with one attached hydrogen (secondary N) is 1. The number of pyridine rings is 2. The predicted octanol–water partition coefficient (Wildman–Crippen LogP) is 2.44. The molecule has 0 aliphatic carbocycles. The lowest BCUT2D eigenvalue weighted by Crippen LogP contribution is -2.12. The summed E-state index contributed by atoms with van der Waals surface area (Å²) in [5.41, 5.74) is 1.71. The Balaban J connectivity index is 1.67. The Morgan fingerprint density at radius 2 is 1.96 bits per heavy atom. The van der Waals surface area contributed by atoms with Crippen LogP contribution in [-0.4, -0.2) is 35.6 Å². The second kappa shape index (κ2) is 6.02. The number of imidazole rings is 1. The first-order chi connectivity index (χ1) is 12.1. The number of aromatic nitrogens is 6. The zero-order valence-electron chi connectivity index (χ0n) is 13.5. The molecule has 0 atom stereocenters. The fraction of sp³-hybridized carbons (Fsp3) is 0.125. The van der Waals surface area contributed by atoms with Gasteiger partial charge in [0.05, 0.1) is 23.9 Å². The molecule has 124 valence electrons. The van der Waals surface area contributed by atoms with Crippen molar-refractivity contribution in [2.24, 2.45) is 7.05 Å². The number of anilines is 1. The predicted molar refractivity (Wildman–Crippen MR) is 94.3 cm³/mol. The van der Waals surface area contributed by atoms with Gasteiger partial charge in [-0.15, -0.1) is 10.2 Å². The number of aryl methyl sites for hydroxylation is 2. The summed E-state index contributed by atoms with van der Waals surface area (Å²) in [6, 6.07) is 3.75. The molecule has 0 spiro atoms. The van der Waals surface area contributed by atoms with Gasteiger partial charge in [0, 0.05) is 24.8 Å². The van der Waals surface area contributed by atoms with Gasteiger partial charge in [0.15, 0.2) is 0 Å². The highest BCUT2D eigenvalue weighted by Gasteiger charge is 2.13. The molecule has 4 aromatic heterocycles. The number of hydrogen-bond acceptors (Lipinski definition) is 7. The van der Waals surface area contributed by atoms with Crippen molar-refractivity contribution < 1.29 is 4.79 Å². The van der Waals surface area contributed by atoms with E-state index in [1.54, 1.807) is 31.8 Å². The maximum atomic E-state index is 12.2. The molecule has 4 aromatic rings. The van der Waals surface area contributed by atoms with Crippen LogP contribution >= 0.6 is 11.3 Å². The monoisotopic (exact) mass is 351 g/mol. The molecule has 25 heavy (non-hydrogen) atoms. The summed E-state index contributed by atoms with van der Waals surface area (Å²) in [4.78, 5) is 25.0. The van der Waals surface area contributed by atoms with Gasteiger partial charge in [-0.3, -0.25) is 9.78 Å². The number of nitrogens with zero attached hydrogens (tertiary/aromatic N) is 6. The minimum absolute atomic E-state index is 0.310. The minimum atomic E-state index is -0.321. The van der Waals surface area contributed by atoms with Gasteiger partial charge in [-0.05, 0) is 24.4 Å². The van der Waals surface area contributed by atoms with E-state index in [1.807, 2.05) is 23.7 Å². The molecule has 8 nitrogen and oxygen atoms in total. The molecule has 0 radical (unpaired) electrons. The Morgan fingerprint density at radius 1 is 1.12 bits per heavy atom. The van der Waals surface area contributed by atoms with Crippen molar-refractivity contribution in [3.8, 4) is 11.4 Å². The summed E-state index contributed by atoms with van der Waals surface area (Å²) in [6.07, 6.45) is 6.92. The largest absolute Gasteiger partial charge is 0.332 e. The SMILES string of the molecule is Cc1nnc(C(=O)Nc2cc3cc(-c4cncn4C)ncc3cn2)s1.